The number of nitrogens with two attached hydrogens (primary N) is 1. The van der Waals surface area contributed by atoms with E-state index in [0.717, 1.165) is 72.9 Å². The molecule has 3 N–H and O–H groups in total. The molecular formula is C54H50N6. The van der Waals surface area contributed by atoms with E-state index in [0.29, 0.717) is 12.4 Å². The fourth-order valence-corrected chi connectivity index (χ4v) is 7.61. The van der Waals surface area contributed by atoms with Crippen molar-refractivity contribution in [2.24, 2.45) is 20.7 Å². The van der Waals surface area contributed by atoms with Crippen LogP contribution in [0, 0.1) is 0 Å². The first-order valence-corrected chi connectivity index (χ1v) is 20.2. The van der Waals surface area contributed by atoms with E-state index in [4.69, 9.17) is 15.7 Å². The van der Waals surface area contributed by atoms with E-state index < -0.39 is 6.17 Å². The van der Waals surface area contributed by atoms with Gasteiger partial charge in [-0.05, 0) is 108 Å². The first-order valence-electron chi connectivity index (χ1n) is 20.2. The molecular weight excluding hydrogens is 733 g/mol. The molecule has 0 saturated carbocycles. The van der Waals surface area contributed by atoms with E-state index in [9.17, 15) is 0 Å². The Morgan fingerprint density at radius 3 is 2.35 bits per heavy atom. The van der Waals surface area contributed by atoms with Crippen LogP contribution >= 0.6 is 0 Å². The van der Waals surface area contributed by atoms with Crippen LogP contribution in [0.2, 0.25) is 0 Å². The van der Waals surface area contributed by atoms with E-state index in [2.05, 4.69) is 126 Å². The zero-order valence-electron chi connectivity index (χ0n) is 34.5. The summed E-state index contributed by atoms with van der Waals surface area (Å²) in [5.41, 5.74) is 22.1. The smallest absolute Gasteiger partial charge is 0.156 e. The first kappa shape index (κ1) is 40.8. The molecule has 0 spiro atoms. The second-order valence-corrected chi connectivity index (χ2v) is 14.2. The fraction of sp³-hybridized carbons (Fsp3) is 0.0926. The topological polar surface area (TPSA) is 78.4 Å². The van der Waals surface area contributed by atoms with E-state index in [1.807, 2.05) is 112 Å². The van der Waals surface area contributed by atoms with Gasteiger partial charge in [-0.25, -0.2) is 9.98 Å². The maximum Gasteiger partial charge on any atom is 0.156 e. The minimum absolute atomic E-state index is 0.548. The number of para-hydroxylation sites is 2. The SMILES string of the molecule is C=C/C(=C(\C=C/C)N=C)N1Cc2ccc3c(c2-c2ccccc21)-c1ccccc1N/C=C/C=C(c1cccc(C(/N=C\C(\C=C/C)=C\C)=N/C(N)c2ccccc2)c1)\C=C/3. The number of allylic oxidation sites excluding steroid dienone is 11. The molecule has 5 aromatic rings. The zero-order valence-corrected chi connectivity index (χ0v) is 34.5. The third-order valence-electron chi connectivity index (χ3n) is 10.5. The zero-order chi connectivity index (χ0) is 41.8. The maximum absolute atomic E-state index is 6.67. The number of rotatable bonds is 10. The molecule has 0 saturated heterocycles. The van der Waals surface area contributed by atoms with Gasteiger partial charge in [0.15, 0.2) is 5.84 Å². The lowest BCUT2D eigenvalue weighted by Gasteiger charge is -2.35. The quantitative estimate of drug-likeness (QED) is 0.0841. The lowest BCUT2D eigenvalue weighted by atomic mass is 9.83. The molecule has 1 atom stereocenters. The number of nitrogens with one attached hydrogen (secondary N) is 1. The number of hydrogen-bond acceptors (Lipinski definition) is 5. The number of nitrogens with zero attached hydrogens (tertiary/aromatic N) is 4. The van der Waals surface area contributed by atoms with Gasteiger partial charge in [0.25, 0.3) is 0 Å². The molecule has 1 unspecified atom stereocenters. The Morgan fingerprint density at radius 2 is 1.58 bits per heavy atom. The van der Waals surface area contributed by atoms with Crippen LogP contribution in [0.15, 0.2) is 215 Å². The van der Waals surface area contributed by atoms with Crippen LogP contribution in [0.1, 0.15) is 54.8 Å². The largest absolute Gasteiger partial charge is 0.361 e. The maximum atomic E-state index is 6.67. The Hall–Kier alpha value is -7.41. The Bertz CT molecular complexity index is 2680. The Kier molecular flexibility index (Phi) is 13.2. The number of benzene rings is 5. The van der Waals surface area contributed by atoms with Crippen molar-refractivity contribution in [2.45, 2.75) is 33.5 Å². The molecule has 0 fully saturated rings. The van der Waals surface area contributed by atoms with Crippen LogP contribution < -0.4 is 16.0 Å². The highest BCUT2D eigenvalue weighted by molar-refractivity contribution is 6.06. The summed E-state index contributed by atoms with van der Waals surface area (Å²) in [6.45, 7) is 14.7. The molecule has 5 aromatic carbocycles. The molecule has 0 bridgehead atoms. The van der Waals surface area contributed by atoms with Crippen molar-refractivity contribution in [2.75, 3.05) is 10.2 Å². The molecule has 2 heterocycles. The van der Waals surface area contributed by atoms with E-state index in [-0.39, 0.29) is 0 Å². The molecule has 2 aliphatic heterocycles. The third-order valence-corrected chi connectivity index (χ3v) is 10.5. The van der Waals surface area contributed by atoms with Crippen LogP contribution in [-0.4, -0.2) is 18.8 Å². The second kappa shape index (κ2) is 19.4. The lowest BCUT2D eigenvalue weighted by molar-refractivity contribution is 0.775. The van der Waals surface area contributed by atoms with Gasteiger partial charge in [0.1, 0.15) is 6.17 Å². The van der Waals surface area contributed by atoms with Gasteiger partial charge in [0.2, 0.25) is 0 Å². The average molecular weight is 783 g/mol. The summed E-state index contributed by atoms with van der Waals surface area (Å²) in [6, 6.07) is 39.8. The highest BCUT2D eigenvalue weighted by Gasteiger charge is 2.28. The van der Waals surface area contributed by atoms with Gasteiger partial charge in [0.05, 0.1) is 11.4 Å². The number of fused-ring (bicyclic) bond motifs is 7. The van der Waals surface area contributed by atoms with Gasteiger partial charge in [-0.1, -0.05) is 146 Å². The molecule has 296 valence electrons. The number of anilines is 2. The molecule has 60 heavy (non-hydrogen) atoms. The lowest BCUT2D eigenvalue weighted by Crippen LogP contribution is -2.26. The Balaban J connectivity index is 1.36. The van der Waals surface area contributed by atoms with Crippen LogP contribution in [0.5, 0.6) is 0 Å². The summed E-state index contributed by atoms with van der Waals surface area (Å²) in [4.78, 5) is 16.5. The van der Waals surface area contributed by atoms with Crippen LogP contribution in [0.4, 0.5) is 11.4 Å². The third kappa shape index (κ3) is 8.85. The van der Waals surface area contributed by atoms with Crippen molar-refractivity contribution in [3.8, 4) is 22.3 Å². The van der Waals surface area contributed by atoms with Crippen molar-refractivity contribution in [3.63, 3.8) is 0 Å². The normalized spacial score (nSPS) is 16.9. The molecule has 6 heteroatoms. The van der Waals surface area contributed by atoms with Crippen molar-refractivity contribution in [1.82, 2.24) is 0 Å². The average Bonchev–Trinajstić information content (AvgIpc) is 3.33. The molecule has 0 amide bonds. The molecule has 6 nitrogen and oxygen atoms in total. The van der Waals surface area contributed by atoms with Crippen molar-refractivity contribution < 1.29 is 0 Å². The highest BCUT2D eigenvalue weighted by atomic mass is 15.2. The summed E-state index contributed by atoms with van der Waals surface area (Å²) < 4.78 is 0. The molecule has 0 radical (unpaired) electrons. The summed E-state index contributed by atoms with van der Waals surface area (Å²) in [5, 5.41) is 3.61. The van der Waals surface area contributed by atoms with Gasteiger partial charge >= 0.3 is 0 Å². The van der Waals surface area contributed by atoms with E-state index >= 15 is 0 Å². The van der Waals surface area contributed by atoms with Crippen LogP contribution in [0.25, 0.3) is 33.9 Å². The minimum Gasteiger partial charge on any atom is -0.361 e. The van der Waals surface area contributed by atoms with Crippen molar-refractivity contribution in [3.05, 3.63) is 228 Å². The van der Waals surface area contributed by atoms with Gasteiger partial charge in [-0.2, -0.15) is 0 Å². The van der Waals surface area contributed by atoms with Crippen LogP contribution in [-0.2, 0) is 6.54 Å². The van der Waals surface area contributed by atoms with Crippen molar-refractivity contribution in [1.29, 1.82) is 0 Å². The Labute approximate surface area is 354 Å². The highest BCUT2D eigenvalue weighted by Crippen LogP contribution is 2.49. The minimum atomic E-state index is -0.585. The Morgan fingerprint density at radius 1 is 0.817 bits per heavy atom. The van der Waals surface area contributed by atoms with Gasteiger partial charge in [0, 0.05) is 47.0 Å². The summed E-state index contributed by atoms with van der Waals surface area (Å²) in [7, 11) is 0. The summed E-state index contributed by atoms with van der Waals surface area (Å²) in [6.07, 6.45) is 23.7. The standard InChI is InChI=1S/C54H50N6/c1-6-19-38(8-3)36-58-54(59-53(55)41-21-11-10-12-22-41)43-24-17-23-42(35-43)39-25-18-34-57-47-28-15-13-26-45(47)51-40(31-30-39)32-33-44-37-60(49(9-4)48(56-5)20-7-2)50-29-16-14-27-46(50)52(44)51/h6-36,53,57H,4-5,37,55H2,1-3H3/b19-6-,20-7-,31-30-,34-18+,38-8+,39-25+,49-48-,58-36-,59-54-. The predicted molar refractivity (Wildman–Crippen MR) is 258 cm³/mol. The van der Waals surface area contributed by atoms with Gasteiger partial charge < -0.3 is 16.0 Å². The molecule has 0 aromatic heterocycles. The number of amidine groups is 1. The molecule has 0 aliphatic carbocycles. The van der Waals surface area contributed by atoms with Gasteiger partial charge in [-0.3, -0.25) is 4.99 Å². The van der Waals surface area contributed by atoms with E-state index in [1.54, 1.807) is 0 Å². The summed E-state index contributed by atoms with van der Waals surface area (Å²) in [5.74, 6) is 0.548. The van der Waals surface area contributed by atoms with Crippen molar-refractivity contribution >= 4 is 41.8 Å². The summed E-state index contributed by atoms with van der Waals surface area (Å²) >= 11 is 0. The molecule has 7 rings (SSSR count). The fourth-order valence-electron chi connectivity index (χ4n) is 7.61. The van der Waals surface area contributed by atoms with E-state index in [1.165, 1.54) is 11.1 Å². The van der Waals surface area contributed by atoms with Crippen LogP contribution in [0.3, 0.4) is 0 Å². The number of aliphatic imine (C=N–C) groups is 3. The van der Waals surface area contributed by atoms with Gasteiger partial charge in [-0.15, -0.1) is 0 Å². The monoisotopic (exact) mass is 782 g/mol. The molecule has 2 aliphatic rings. The second-order valence-electron chi connectivity index (χ2n) is 14.2. The first-order chi connectivity index (χ1) is 29.5. The predicted octanol–water partition coefficient (Wildman–Crippen LogP) is 13.0. The number of hydrogen-bond donors (Lipinski definition) is 2.